The highest BCUT2D eigenvalue weighted by Crippen LogP contribution is 2.29. The Morgan fingerprint density at radius 1 is 0.750 bits per heavy atom. The first-order valence-electron chi connectivity index (χ1n) is 7.38. The molecule has 1 unspecified atom stereocenters. The molecule has 0 aliphatic carbocycles. The van der Waals surface area contributed by atoms with Crippen molar-refractivity contribution >= 4 is 0 Å². The summed E-state index contributed by atoms with van der Waals surface area (Å²) in [6.45, 7) is 0.744. The summed E-state index contributed by atoms with van der Waals surface area (Å²) in [5, 5.41) is 0. The van der Waals surface area contributed by atoms with Gasteiger partial charge in [0.25, 0.3) is 0 Å². The molecule has 20 heavy (non-hydrogen) atoms. The van der Waals surface area contributed by atoms with Crippen LogP contribution in [0.3, 0.4) is 0 Å². The molecule has 0 bridgehead atoms. The number of nitrogens with two attached hydrogens (primary N) is 2. The van der Waals surface area contributed by atoms with Crippen LogP contribution in [0.2, 0.25) is 0 Å². The summed E-state index contributed by atoms with van der Waals surface area (Å²) in [4.78, 5) is 0. The van der Waals surface area contributed by atoms with E-state index in [-0.39, 0.29) is 12.0 Å². The zero-order valence-electron chi connectivity index (χ0n) is 11.9. The number of rotatable bonds is 7. The van der Waals surface area contributed by atoms with Gasteiger partial charge in [-0.2, -0.15) is 0 Å². The van der Waals surface area contributed by atoms with Crippen LogP contribution in [0, 0.1) is 0 Å². The van der Waals surface area contributed by atoms with Crippen molar-refractivity contribution in [1.29, 1.82) is 0 Å². The van der Waals surface area contributed by atoms with E-state index in [0.717, 1.165) is 25.8 Å². The van der Waals surface area contributed by atoms with Gasteiger partial charge >= 0.3 is 0 Å². The highest BCUT2D eigenvalue weighted by atomic mass is 14.6. The average molecular weight is 268 g/mol. The Kier molecular flexibility index (Phi) is 5.78. The lowest BCUT2D eigenvalue weighted by Gasteiger charge is -2.25. The molecule has 2 aromatic carbocycles. The standard InChI is InChI=1S/C18H24N2/c19-14-8-7-13-17(20)18(15-9-3-1-4-10-15)16-11-5-2-6-12-16/h1-6,9-12,17-18H,7-8,13-14,19-20H2. The molecular weight excluding hydrogens is 244 g/mol. The molecule has 0 heterocycles. The quantitative estimate of drug-likeness (QED) is 0.757. The van der Waals surface area contributed by atoms with E-state index >= 15 is 0 Å². The number of hydrogen-bond acceptors (Lipinski definition) is 2. The molecule has 106 valence electrons. The highest BCUT2D eigenvalue weighted by Gasteiger charge is 2.21. The maximum absolute atomic E-state index is 6.48. The molecule has 2 nitrogen and oxygen atoms in total. The van der Waals surface area contributed by atoms with E-state index in [1.165, 1.54) is 11.1 Å². The minimum atomic E-state index is 0.131. The third-order valence-corrected chi connectivity index (χ3v) is 3.74. The van der Waals surface area contributed by atoms with E-state index in [1.807, 2.05) is 12.1 Å². The Morgan fingerprint density at radius 3 is 1.70 bits per heavy atom. The van der Waals surface area contributed by atoms with Gasteiger partial charge in [0, 0.05) is 12.0 Å². The van der Waals surface area contributed by atoms with Crippen LogP contribution in [0.4, 0.5) is 0 Å². The first-order chi connectivity index (χ1) is 9.83. The minimum absolute atomic E-state index is 0.131. The van der Waals surface area contributed by atoms with Crippen LogP contribution in [-0.2, 0) is 0 Å². The van der Waals surface area contributed by atoms with Crippen molar-refractivity contribution in [2.24, 2.45) is 11.5 Å². The summed E-state index contributed by atoms with van der Waals surface area (Å²) < 4.78 is 0. The number of benzene rings is 2. The van der Waals surface area contributed by atoms with Gasteiger partial charge in [-0.05, 0) is 30.5 Å². The smallest absolute Gasteiger partial charge is 0.0241 e. The zero-order chi connectivity index (χ0) is 14.2. The first-order valence-corrected chi connectivity index (χ1v) is 7.38. The predicted molar refractivity (Wildman–Crippen MR) is 85.6 cm³/mol. The molecule has 2 aromatic rings. The molecule has 2 rings (SSSR count). The molecule has 0 fully saturated rings. The van der Waals surface area contributed by atoms with E-state index in [0.29, 0.717) is 0 Å². The fourth-order valence-electron chi connectivity index (χ4n) is 2.70. The van der Waals surface area contributed by atoms with Crippen molar-refractivity contribution in [1.82, 2.24) is 0 Å². The van der Waals surface area contributed by atoms with Crippen LogP contribution >= 0.6 is 0 Å². The predicted octanol–water partition coefficient (Wildman–Crippen LogP) is 3.27. The lowest BCUT2D eigenvalue weighted by atomic mass is 9.83. The lowest BCUT2D eigenvalue weighted by Crippen LogP contribution is -2.29. The fourth-order valence-corrected chi connectivity index (χ4v) is 2.70. The Bertz CT molecular complexity index is 442. The molecule has 0 aromatic heterocycles. The molecular formula is C18H24N2. The molecule has 0 radical (unpaired) electrons. The number of unbranched alkanes of at least 4 members (excludes halogenated alkanes) is 1. The maximum atomic E-state index is 6.48. The van der Waals surface area contributed by atoms with Gasteiger partial charge in [-0.3, -0.25) is 0 Å². The van der Waals surface area contributed by atoms with E-state index in [2.05, 4.69) is 48.5 Å². The van der Waals surface area contributed by atoms with E-state index in [1.54, 1.807) is 0 Å². The van der Waals surface area contributed by atoms with Gasteiger partial charge in [0.05, 0.1) is 0 Å². The fraction of sp³-hybridized carbons (Fsp3) is 0.333. The molecule has 0 saturated heterocycles. The molecule has 1 atom stereocenters. The van der Waals surface area contributed by atoms with Crippen LogP contribution in [0.5, 0.6) is 0 Å². The summed E-state index contributed by atoms with van der Waals surface area (Å²) >= 11 is 0. The Morgan fingerprint density at radius 2 is 1.25 bits per heavy atom. The second-order valence-corrected chi connectivity index (χ2v) is 5.25. The lowest BCUT2D eigenvalue weighted by molar-refractivity contribution is 0.520. The van der Waals surface area contributed by atoms with Crippen molar-refractivity contribution < 1.29 is 0 Å². The molecule has 0 spiro atoms. The van der Waals surface area contributed by atoms with Gasteiger partial charge in [0.15, 0.2) is 0 Å². The van der Waals surface area contributed by atoms with Crippen LogP contribution in [0.15, 0.2) is 60.7 Å². The van der Waals surface area contributed by atoms with Gasteiger partial charge < -0.3 is 11.5 Å². The first kappa shape index (κ1) is 14.8. The monoisotopic (exact) mass is 268 g/mol. The van der Waals surface area contributed by atoms with Gasteiger partial charge in [-0.15, -0.1) is 0 Å². The third-order valence-electron chi connectivity index (χ3n) is 3.74. The molecule has 4 N–H and O–H groups in total. The summed E-state index contributed by atoms with van der Waals surface area (Å²) in [7, 11) is 0. The van der Waals surface area contributed by atoms with Crippen LogP contribution in [-0.4, -0.2) is 12.6 Å². The average Bonchev–Trinajstić information content (AvgIpc) is 2.50. The summed E-state index contributed by atoms with van der Waals surface area (Å²) in [5.41, 5.74) is 14.6. The Labute approximate surface area is 121 Å². The second-order valence-electron chi connectivity index (χ2n) is 5.25. The Hall–Kier alpha value is -1.64. The van der Waals surface area contributed by atoms with Crippen molar-refractivity contribution in [2.75, 3.05) is 6.54 Å². The van der Waals surface area contributed by atoms with Gasteiger partial charge in [0.1, 0.15) is 0 Å². The number of hydrogen-bond donors (Lipinski definition) is 2. The van der Waals surface area contributed by atoms with Gasteiger partial charge in [0.2, 0.25) is 0 Å². The van der Waals surface area contributed by atoms with E-state index in [4.69, 9.17) is 11.5 Å². The van der Waals surface area contributed by atoms with Crippen molar-refractivity contribution in [3.05, 3.63) is 71.8 Å². The topological polar surface area (TPSA) is 52.0 Å². The summed E-state index contributed by atoms with van der Waals surface area (Å²) in [5.74, 6) is 0.259. The van der Waals surface area contributed by atoms with Crippen LogP contribution < -0.4 is 11.5 Å². The van der Waals surface area contributed by atoms with Crippen molar-refractivity contribution in [3.63, 3.8) is 0 Å². The normalized spacial score (nSPS) is 12.6. The maximum Gasteiger partial charge on any atom is 0.0241 e. The third kappa shape index (κ3) is 3.92. The van der Waals surface area contributed by atoms with E-state index < -0.39 is 0 Å². The zero-order valence-corrected chi connectivity index (χ0v) is 11.9. The SMILES string of the molecule is NCCCCC(N)C(c1ccccc1)c1ccccc1. The largest absolute Gasteiger partial charge is 0.330 e. The van der Waals surface area contributed by atoms with Gasteiger partial charge in [-0.1, -0.05) is 67.1 Å². The van der Waals surface area contributed by atoms with Crippen LogP contribution in [0.25, 0.3) is 0 Å². The minimum Gasteiger partial charge on any atom is -0.330 e. The molecule has 0 aliphatic heterocycles. The molecule has 2 heteroatoms. The molecule has 0 aliphatic rings. The summed E-state index contributed by atoms with van der Waals surface area (Å²) in [6, 6.07) is 21.2. The Balaban J connectivity index is 2.21. The highest BCUT2D eigenvalue weighted by molar-refractivity contribution is 5.34. The van der Waals surface area contributed by atoms with Gasteiger partial charge in [-0.25, -0.2) is 0 Å². The van der Waals surface area contributed by atoms with Crippen molar-refractivity contribution in [3.8, 4) is 0 Å². The van der Waals surface area contributed by atoms with Crippen LogP contribution in [0.1, 0.15) is 36.3 Å². The van der Waals surface area contributed by atoms with Crippen molar-refractivity contribution in [2.45, 2.75) is 31.2 Å². The molecule has 0 saturated carbocycles. The second kappa shape index (κ2) is 7.83. The summed E-state index contributed by atoms with van der Waals surface area (Å²) in [6.07, 6.45) is 3.14. The van der Waals surface area contributed by atoms with E-state index in [9.17, 15) is 0 Å². The molecule has 0 amide bonds.